The first kappa shape index (κ1) is 19.1. The van der Waals surface area contributed by atoms with Crippen molar-refractivity contribution in [2.75, 3.05) is 21.3 Å². The van der Waals surface area contributed by atoms with Crippen molar-refractivity contribution in [1.82, 2.24) is 0 Å². The molecule has 0 spiro atoms. The molecule has 2 aromatic rings. The summed E-state index contributed by atoms with van der Waals surface area (Å²) in [4.78, 5) is 24.3. The van der Waals surface area contributed by atoms with Crippen LogP contribution >= 0.6 is 0 Å². The average Bonchev–Trinajstić information content (AvgIpc) is 2.67. The molecule has 0 fully saturated rings. The summed E-state index contributed by atoms with van der Waals surface area (Å²) in [5.74, 6) is -2.27. The molecule has 136 valence electrons. The number of hydrogen-bond acceptors (Lipinski definition) is 5. The molecule has 0 aliphatic heterocycles. The van der Waals surface area contributed by atoms with Crippen molar-refractivity contribution in [2.24, 2.45) is 0 Å². The van der Waals surface area contributed by atoms with Crippen LogP contribution in [0.5, 0.6) is 11.5 Å². The maximum Gasteiger partial charge on any atom is 0.334 e. The number of rotatable bonds is 7. The number of ether oxygens (including phenoxy) is 3. The summed E-state index contributed by atoms with van der Waals surface area (Å²) < 4.78 is 15.2. The SMILES string of the molecule is COC(=O)C(=Cc1ccccc1)C(C(=O)O)c1ccc(OC)c(OC)c1. The average molecular weight is 356 g/mol. The molecule has 2 rings (SSSR count). The van der Waals surface area contributed by atoms with E-state index in [2.05, 4.69) is 0 Å². The van der Waals surface area contributed by atoms with Gasteiger partial charge < -0.3 is 19.3 Å². The van der Waals surface area contributed by atoms with Gasteiger partial charge in [0.25, 0.3) is 0 Å². The Balaban J connectivity index is 2.59. The number of hydrogen-bond donors (Lipinski definition) is 1. The van der Waals surface area contributed by atoms with E-state index in [9.17, 15) is 14.7 Å². The van der Waals surface area contributed by atoms with Crippen LogP contribution in [0.4, 0.5) is 0 Å². The van der Waals surface area contributed by atoms with Gasteiger partial charge in [0, 0.05) is 0 Å². The maximum absolute atomic E-state index is 12.3. The number of carbonyl (C=O) groups is 2. The molecular formula is C20H20O6. The Morgan fingerprint density at radius 3 is 2.15 bits per heavy atom. The first-order valence-corrected chi connectivity index (χ1v) is 7.81. The molecule has 1 N–H and O–H groups in total. The normalized spacial score (nSPS) is 12.2. The fraction of sp³-hybridized carbons (Fsp3) is 0.200. The lowest BCUT2D eigenvalue weighted by atomic mass is 9.89. The largest absolute Gasteiger partial charge is 0.493 e. The summed E-state index contributed by atoms with van der Waals surface area (Å²) in [6, 6.07) is 13.7. The molecule has 1 unspecified atom stereocenters. The lowest BCUT2D eigenvalue weighted by molar-refractivity contribution is -0.142. The van der Waals surface area contributed by atoms with Gasteiger partial charge in [0.15, 0.2) is 11.5 Å². The molecule has 0 bridgehead atoms. The van der Waals surface area contributed by atoms with E-state index in [1.54, 1.807) is 42.5 Å². The highest BCUT2D eigenvalue weighted by atomic mass is 16.5. The Kier molecular flexibility index (Phi) is 6.38. The van der Waals surface area contributed by atoms with Crippen molar-refractivity contribution in [3.05, 3.63) is 65.2 Å². The minimum Gasteiger partial charge on any atom is -0.493 e. The third-order valence-corrected chi connectivity index (χ3v) is 3.84. The van der Waals surface area contributed by atoms with E-state index in [1.165, 1.54) is 27.4 Å². The predicted molar refractivity (Wildman–Crippen MR) is 96.4 cm³/mol. The van der Waals surface area contributed by atoms with E-state index in [0.29, 0.717) is 22.6 Å². The summed E-state index contributed by atoms with van der Waals surface area (Å²) in [5.41, 5.74) is 1.08. The van der Waals surface area contributed by atoms with Crippen molar-refractivity contribution in [3.63, 3.8) is 0 Å². The summed E-state index contributed by atoms with van der Waals surface area (Å²) in [6.45, 7) is 0. The van der Waals surface area contributed by atoms with Crippen LogP contribution in [0.3, 0.4) is 0 Å². The zero-order valence-electron chi connectivity index (χ0n) is 14.8. The number of benzene rings is 2. The first-order valence-electron chi connectivity index (χ1n) is 7.81. The molecule has 0 aliphatic rings. The van der Waals surface area contributed by atoms with Crippen LogP contribution in [0.25, 0.3) is 6.08 Å². The van der Waals surface area contributed by atoms with Gasteiger partial charge in [-0.2, -0.15) is 0 Å². The van der Waals surface area contributed by atoms with Gasteiger partial charge >= 0.3 is 11.9 Å². The highest BCUT2D eigenvalue weighted by molar-refractivity contribution is 6.02. The van der Waals surface area contributed by atoms with Gasteiger partial charge in [-0.3, -0.25) is 4.79 Å². The molecule has 0 aliphatic carbocycles. The van der Waals surface area contributed by atoms with Crippen LogP contribution in [0.15, 0.2) is 54.1 Å². The fourth-order valence-corrected chi connectivity index (χ4v) is 2.59. The minimum atomic E-state index is -1.22. The number of esters is 1. The van der Waals surface area contributed by atoms with Gasteiger partial charge in [-0.15, -0.1) is 0 Å². The van der Waals surface area contributed by atoms with E-state index < -0.39 is 17.9 Å². The van der Waals surface area contributed by atoms with E-state index >= 15 is 0 Å². The minimum absolute atomic E-state index is 0.0124. The molecule has 0 saturated carbocycles. The second-order valence-electron chi connectivity index (χ2n) is 5.39. The highest BCUT2D eigenvalue weighted by Crippen LogP contribution is 2.34. The Labute approximate surface area is 151 Å². The molecule has 0 saturated heterocycles. The molecule has 6 heteroatoms. The Bertz CT molecular complexity index is 810. The number of methoxy groups -OCH3 is 3. The van der Waals surface area contributed by atoms with Crippen LogP contribution in [-0.4, -0.2) is 38.4 Å². The zero-order valence-corrected chi connectivity index (χ0v) is 14.8. The smallest absolute Gasteiger partial charge is 0.334 e. The van der Waals surface area contributed by atoms with Gasteiger partial charge in [0.1, 0.15) is 5.92 Å². The molecule has 0 heterocycles. The number of aliphatic carboxylic acids is 1. The summed E-state index contributed by atoms with van der Waals surface area (Å²) in [6.07, 6.45) is 1.52. The number of carbonyl (C=O) groups excluding carboxylic acids is 1. The molecule has 0 aromatic heterocycles. The summed E-state index contributed by atoms with van der Waals surface area (Å²) in [5, 5.41) is 9.79. The van der Waals surface area contributed by atoms with Crippen molar-refractivity contribution in [2.45, 2.75) is 5.92 Å². The van der Waals surface area contributed by atoms with E-state index in [-0.39, 0.29) is 5.57 Å². The third kappa shape index (κ3) is 4.22. The lowest BCUT2D eigenvalue weighted by Crippen LogP contribution is -2.21. The fourth-order valence-electron chi connectivity index (χ4n) is 2.59. The molecule has 1 atom stereocenters. The van der Waals surface area contributed by atoms with Crippen LogP contribution in [0, 0.1) is 0 Å². The molecule has 2 aromatic carbocycles. The molecular weight excluding hydrogens is 336 g/mol. The summed E-state index contributed by atoms with van der Waals surface area (Å²) in [7, 11) is 4.16. The van der Waals surface area contributed by atoms with Crippen LogP contribution < -0.4 is 9.47 Å². The van der Waals surface area contributed by atoms with Crippen LogP contribution in [0.1, 0.15) is 17.0 Å². The molecule has 0 amide bonds. The summed E-state index contributed by atoms with van der Waals surface area (Å²) >= 11 is 0. The molecule has 0 radical (unpaired) electrons. The Morgan fingerprint density at radius 2 is 1.62 bits per heavy atom. The Hall–Kier alpha value is -3.28. The van der Waals surface area contributed by atoms with Crippen molar-refractivity contribution in [1.29, 1.82) is 0 Å². The highest BCUT2D eigenvalue weighted by Gasteiger charge is 2.30. The van der Waals surface area contributed by atoms with Crippen molar-refractivity contribution < 1.29 is 28.9 Å². The van der Waals surface area contributed by atoms with Gasteiger partial charge in [0.2, 0.25) is 0 Å². The van der Waals surface area contributed by atoms with E-state index in [4.69, 9.17) is 14.2 Å². The maximum atomic E-state index is 12.3. The molecule has 26 heavy (non-hydrogen) atoms. The van der Waals surface area contributed by atoms with Crippen molar-refractivity contribution in [3.8, 4) is 11.5 Å². The zero-order chi connectivity index (χ0) is 19.1. The second-order valence-corrected chi connectivity index (χ2v) is 5.39. The van der Waals surface area contributed by atoms with Gasteiger partial charge in [0.05, 0.1) is 26.9 Å². The lowest BCUT2D eigenvalue weighted by Gasteiger charge is -2.17. The van der Waals surface area contributed by atoms with Crippen molar-refractivity contribution >= 4 is 18.0 Å². The van der Waals surface area contributed by atoms with Gasteiger partial charge in [-0.25, -0.2) is 4.79 Å². The monoisotopic (exact) mass is 356 g/mol. The standard InChI is InChI=1S/C20H20O6/c1-24-16-10-9-14(12-17(16)25-2)18(19(21)22)15(20(23)26-3)11-13-7-5-4-6-8-13/h4-12,18H,1-3H3,(H,21,22). The Morgan fingerprint density at radius 1 is 0.962 bits per heavy atom. The quantitative estimate of drug-likeness (QED) is 0.606. The predicted octanol–water partition coefficient (Wildman–Crippen LogP) is 3.13. The topological polar surface area (TPSA) is 82.1 Å². The van der Waals surface area contributed by atoms with Crippen LogP contribution in [0.2, 0.25) is 0 Å². The van der Waals surface area contributed by atoms with Gasteiger partial charge in [-0.1, -0.05) is 36.4 Å². The van der Waals surface area contributed by atoms with E-state index in [1.807, 2.05) is 6.07 Å². The third-order valence-electron chi connectivity index (χ3n) is 3.84. The van der Waals surface area contributed by atoms with E-state index in [0.717, 1.165) is 0 Å². The molecule has 6 nitrogen and oxygen atoms in total. The second kappa shape index (κ2) is 8.71. The van der Waals surface area contributed by atoms with Crippen LogP contribution in [-0.2, 0) is 14.3 Å². The number of carboxylic acid groups (broad SMARTS) is 1. The van der Waals surface area contributed by atoms with Gasteiger partial charge in [-0.05, 0) is 29.3 Å². The first-order chi connectivity index (χ1) is 12.5. The number of carboxylic acids is 1.